The molecule has 0 saturated carbocycles. The van der Waals surface area contributed by atoms with Crippen LogP contribution in [0.1, 0.15) is 16.2 Å². The summed E-state index contributed by atoms with van der Waals surface area (Å²) in [5.41, 5.74) is 0.814. The molecule has 0 aliphatic carbocycles. The number of hydrogen-bond acceptors (Lipinski definition) is 5. The van der Waals surface area contributed by atoms with Gasteiger partial charge in [0, 0.05) is 13.1 Å². The summed E-state index contributed by atoms with van der Waals surface area (Å²) in [6.07, 6.45) is -0.582. The van der Waals surface area contributed by atoms with Gasteiger partial charge >= 0.3 is 0 Å². The number of benzene rings is 1. The Bertz CT molecular complexity index is 749. The topological polar surface area (TPSA) is 81.7 Å². The van der Waals surface area contributed by atoms with Gasteiger partial charge in [-0.3, -0.25) is 9.89 Å². The molecule has 3 rings (SSSR count). The number of carbonyl (C=O) groups excluding carboxylic acids is 1. The number of ether oxygens (including phenoxy) is 1. The maximum absolute atomic E-state index is 13.5. The van der Waals surface area contributed by atoms with E-state index in [4.69, 9.17) is 4.74 Å². The molecule has 0 bridgehead atoms. The molecule has 1 amide bonds. The number of nitrogens with zero attached hydrogens (tertiary/aromatic N) is 3. The number of rotatable bonds is 5. The van der Waals surface area contributed by atoms with Crippen LogP contribution in [0.15, 0.2) is 30.3 Å². The van der Waals surface area contributed by atoms with E-state index in [1.807, 2.05) is 19.0 Å². The van der Waals surface area contributed by atoms with E-state index in [1.165, 1.54) is 12.1 Å². The smallest absolute Gasteiger partial charge is 0.274 e. The second-order valence-corrected chi connectivity index (χ2v) is 6.31. The van der Waals surface area contributed by atoms with Crippen LogP contribution in [-0.4, -0.2) is 70.3 Å². The van der Waals surface area contributed by atoms with Crippen molar-refractivity contribution >= 4 is 5.91 Å². The number of aromatic nitrogens is 2. The van der Waals surface area contributed by atoms with Gasteiger partial charge in [-0.05, 0) is 32.3 Å². The minimum absolute atomic E-state index is 0.0736. The SMILES string of the molecule is CN(C)[C@@H]1CN(C(=O)c2cc(COc3ccccc3F)[nH]n2)C[C@H]1O. The van der Waals surface area contributed by atoms with Crippen LogP contribution in [0.4, 0.5) is 4.39 Å². The molecule has 25 heavy (non-hydrogen) atoms. The number of aliphatic hydroxyl groups is 1. The maximum atomic E-state index is 13.5. The van der Waals surface area contributed by atoms with Crippen LogP contribution in [0.5, 0.6) is 5.75 Å². The molecule has 134 valence electrons. The third-order valence-electron chi connectivity index (χ3n) is 4.28. The van der Waals surface area contributed by atoms with Crippen LogP contribution in [0.3, 0.4) is 0 Å². The summed E-state index contributed by atoms with van der Waals surface area (Å²) in [6.45, 7) is 0.792. The van der Waals surface area contributed by atoms with E-state index < -0.39 is 11.9 Å². The lowest BCUT2D eigenvalue weighted by Gasteiger charge is -2.21. The van der Waals surface area contributed by atoms with E-state index in [2.05, 4.69) is 10.2 Å². The Kier molecular flexibility index (Phi) is 5.00. The van der Waals surface area contributed by atoms with Gasteiger partial charge in [-0.2, -0.15) is 5.10 Å². The molecule has 2 heterocycles. The largest absolute Gasteiger partial charge is 0.484 e. The predicted molar refractivity (Wildman–Crippen MR) is 88.7 cm³/mol. The number of hydrogen-bond donors (Lipinski definition) is 2. The summed E-state index contributed by atoms with van der Waals surface area (Å²) in [4.78, 5) is 16.0. The number of para-hydroxylation sites is 1. The van der Waals surface area contributed by atoms with Crippen LogP contribution in [-0.2, 0) is 6.61 Å². The minimum Gasteiger partial charge on any atom is -0.484 e. The molecule has 1 aliphatic rings. The fourth-order valence-corrected chi connectivity index (χ4v) is 2.87. The molecule has 1 saturated heterocycles. The monoisotopic (exact) mass is 348 g/mol. The Balaban J connectivity index is 1.61. The fraction of sp³-hybridized carbons (Fsp3) is 0.412. The molecular weight excluding hydrogens is 327 g/mol. The molecular formula is C17H21FN4O3. The quantitative estimate of drug-likeness (QED) is 0.838. The van der Waals surface area contributed by atoms with E-state index in [0.29, 0.717) is 12.2 Å². The van der Waals surface area contributed by atoms with Gasteiger partial charge in [-0.1, -0.05) is 12.1 Å². The summed E-state index contributed by atoms with van der Waals surface area (Å²) >= 11 is 0. The molecule has 0 radical (unpaired) electrons. The third-order valence-corrected chi connectivity index (χ3v) is 4.28. The molecule has 8 heteroatoms. The Morgan fingerprint density at radius 3 is 2.88 bits per heavy atom. The summed E-state index contributed by atoms with van der Waals surface area (Å²) in [6, 6.07) is 7.60. The first-order valence-electron chi connectivity index (χ1n) is 8.01. The summed E-state index contributed by atoms with van der Waals surface area (Å²) < 4.78 is 18.9. The zero-order chi connectivity index (χ0) is 18.0. The van der Waals surface area contributed by atoms with Crippen molar-refractivity contribution in [3.8, 4) is 5.75 Å². The highest BCUT2D eigenvalue weighted by molar-refractivity contribution is 5.92. The van der Waals surface area contributed by atoms with Crippen LogP contribution >= 0.6 is 0 Å². The normalized spacial score (nSPS) is 20.3. The number of likely N-dealkylation sites (N-methyl/N-ethyl adjacent to an activating group) is 1. The Morgan fingerprint density at radius 1 is 1.44 bits per heavy atom. The van der Waals surface area contributed by atoms with Crippen molar-refractivity contribution in [1.29, 1.82) is 0 Å². The van der Waals surface area contributed by atoms with Crippen molar-refractivity contribution in [2.24, 2.45) is 0 Å². The van der Waals surface area contributed by atoms with Crippen LogP contribution < -0.4 is 4.74 Å². The van der Waals surface area contributed by atoms with E-state index in [1.54, 1.807) is 23.1 Å². The van der Waals surface area contributed by atoms with Gasteiger partial charge in [0.05, 0.1) is 17.8 Å². The molecule has 2 N–H and O–H groups in total. The van der Waals surface area contributed by atoms with E-state index in [9.17, 15) is 14.3 Å². The number of β-amino-alcohol motifs (C(OH)–C–C–N with tert-alkyl or cyclic N) is 1. The standard InChI is InChI=1S/C17H21FN4O3/c1-21(2)14-8-22(9-15(14)23)17(24)13-7-11(19-20-13)10-25-16-6-4-3-5-12(16)18/h3-7,14-15,23H,8-10H2,1-2H3,(H,19,20)/t14-,15-/m1/s1. The number of aliphatic hydroxyl groups excluding tert-OH is 1. The van der Waals surface area contributed by atoms with Crippen molar-refractivity contribution in [2.75, 3.05) is 27.2 Å². The van der Waals surface area contributed by atoms with Gasteiger partial charge in [0.2, 0.25) is 0 Å². The maximum Gasteiger partial charge on any atom is 0.274 e. The van der Waals surface area contributed by atoms with Gasteiger partial charge in [-0.15, -0.1) is 0 Å². The molecule has 1 aromatic carbocycles. The average molecular weight is 348 g/mol. The van der Waals surface area contributed by atoms with Crippen molar-refractivity contribution in [3.05, 3.63) is 47.5 Å². The summed E-state index contributed by atoms with van der Waals surface area (Å²) in [5.74, 6) is -0.558. The highest BCUT2D eigenvalue weighted by Gasteiger charge is 2.36. The molecule has 7 nitrogen and oxygen atoms in total. The lowest BCUT2D eigenvalue weighted by molar-refractivity contribution is 0.0758. The number of halogens is 1. The molecule has 2 atom stereocenters. The average Bonchev–Trinajstić information content (AvgIpc) is 3.20. The van der Waals surface area contributed by atoms with Gasteiger partial charge in [0.25, 0.3) is 5.91 Å². The number of likely N-dealkylation sites (tertiary alicyclic amines) is 1. The first-order valence-corrected chi connectivity index (χ1v) is 8.01. The minimum atomic E-state index is -0.582. The summed E-state index contributed by atoms with van der Waals surface area (Å²) in [7, 11) is 3.74. The second-order valence-electron chi connectivity index (χ2n) is 6.31. The van der Waals surface area contributed by atoms with Crippen LogP contribution in [0.2, 0.25) is 0 Å². The van der Waals surface area contributed by atoms with Crippen LogP contribution in [0.25, 0.3) is 0 Å². The van der Waals surface area contributed by atoms with E-state index in [0.717, 1.165) is 0 Å². The van der Waals surface area contributed by atoms with Crippen LogP contribution in [0, 0.1) is 5.82 Å². The van der Waals surface area contributed by atoms with Gasteiger partial charge < -0.3 is 19.6 Å². The lowest BCUT2D eigenvalue weighted by Crippen LogP contribution is -2.38. The number of carbonyl (C=O) groups is 1. The zero-order valence-corrected chi connectivity index (χ0v) is 14.1. The molecule has 1 aliphatic heterocycles. The predicted octanol–water partition coefficient (Wildman–Crippen LogP) is 0.875. The summed E-state index contributed by atoms with van der Waals surface area (Å²) in [5, 5.41) is 16.8. The number of H-pyrrole nitrogens is 1. The Labute approximate surface area is 145 Å². The molecule has 1 fully saturated rings. The number of amides is 1. The molecule has 0 spiro atoms. The lowest BCUT2D eigenvalue weighted by atomic mass is 10.2. The first kappa shape index (κ1) is 17.4. The first-order chi connectivity index (χ1) is 12.0. The van der Waals surface area contributed by atoms with E-state index >= 15 is 0 Å². The van der Waals surface area contributed by atoms with Gasteiger partial charge in [-0.25, -0.2) is 4.39 Å². The van der Waals surface area contributed by atoms with Crippen molar-refractivity contribution < 1.29 is 19.0 Å². The second kappa shape index (κ2) is 7.20. The molecule has 0 unspecified atom stereocenters. The van der Waals surface area contributed by atoms with Crippen molar-refractivity contribution in [2.45, 2.75) is 18.8 Å². The van der Waals surface area contributed by atoms with Gasteiger partial charge in [0.1, 0.15) is 6.61 Å². The zero-order valence-electron chi connectivity index (χ0n) is 14.1. The number of nitrogens with one attached hydrogen (secondary N) is 1. The van der Waals surface area contributed by atoms with Crippen molar-refractivity contribution in [1.82, 2.24) is 20.0 Å². The Hall–Kier alpha value is -2.45. The number of aromatic amines is 1. The highest BCUT2D eigenvalue weighted by Crippen LogP contribution is 2.19. The molecule has 2 aromatic rings. The molecule has 1 aromatic heterocycles. The van der Waals surface area contributed by atoms with Crippen molar-refractivity contribution in [3.63, 3.8) is 0 Å². The fourth-order valence-electron chi connectivity index (χ4n) is 2.87. The third kappa shape index (κ3) is 3.80. The van der Waals surface area contributed by atoms with E-state index in [-0.39, 0.29) is 36.5 Å². The van der Waals surface area contributed by atoms with Gasteiger partial charge in [0.15, 0.2) is 17.3 Å². The Morgan fingerprint density at radius 2 is 2.20 bits per heavy atom. The highest BCUT2D eigenvalue weighted by atomic mass is 19.1.